The van der Waals surface area contributed by atoms with E-state index in [-0.39, 0.29) is 17.2 Å². The number of benzene rings is 1. The summed E-state index contributed by atoms with van der Waals surface area (Å²) in [6.45, 7) is 0.0770. The molecule has 0 aliphatic carbocycles. The van der Waals surface area contributed by atoms with E-state index in [9.17, 15) is 8.42 Å². The average Bonchev–Trinajstić information content (AvgIpc) is 3.16. The van der Waals surface area contributed by atoms with Crippen molar-refractivity contribution in [3.8, 4) is 22.8 Å². The van der Waals surface area contributed by atoms with Gasteiger partial charge >= 0.3 is 0 Å². The number of pyridine rings is 1. The number of hydrogen-bond donors (Lipinski definition) is 1. The van der Waals surface area contributed by atoms with Crippen LogP contribution in [0.4, 0.5) is 0 Å². The fourth-order valence-corrected chi connectivity index (χ4v) is 4.27. The van der Waals surface area contributed by atoms with E-state index >= 15 is 0 Å². The molecular formula is C17H17N3O4S2. The third kappa shape index (κ3) is 4.01. The third-order valence-electron chi connectivity index (χ3n) is 3.58. The van der Waals surface area contributed by atoms with Crippen LogP contribution < -0.4 is 14.2 Å². The van der Waals surface area contributed by atoms with Crippen LogP contribution in [0.25, 0.3) is 11.3 Å². The maximum absolute atomic E-state index is 12.7. The lowest BCUT2D eigenvalue weighted by atomic mass is 10.2. The number of nitrogens with one attached hydrogen (secondary N) is 1. The van der Waals surface area contributed by atoms with Crippen LogP contribution in [0.5, 0.6) is 11.5 Å². The molecule has 0 aliphatic heterocycles. The molecule has 1 N–H and O–H groups in total. The Morgan fingerprint density at radius 1 is 1.19 bits per heavy atom. The zero-order chi connectivity index (χ0) is 18.6. The molecule has 136 valence electrons. The summed E-state index contributed by atoms with van der Waals surface area (Å²) < 4.78 is 38.1. The molecule has 1 aromatic carbocycles. The Morgan fingerprint density at radius 2 is 2.04 bits per heavy atom. The highest BCUT2D eigenvalue weighted by Crippen LogP contribution is 2.28. The van der Waals surface area contributed by atoms with Crippen molar-refractivity contribution in [2.75, 3.05) is 14.2 Å². The van der Waals surface area contributed by atoms with Gasteiger partial charge in [0.2, 0.25) is 10.0 Å². The first-order chi connectivity index (χ1) is 12.5. The molecule has 0 unspecified atom stereocenters. The Bertz CT molecular complexity index is 988. The number of thiazole rings is 1. The Balaban J connectivity index is 1.78. The standard InChI is InChI=1S/C17H17N3O4S2/c1-23-13-5-6-15(24-2)16(8-13)26(21,22)19-10-17-20-14(11-25-17)12-4-3-7-18-9-12/h3-9,11,19H,10H2,1-2H3. The first kappa shape index (κ1) is 18.3. The van der Waals surface area contributed by atoms with Gasteiger partial charge in [-0.15, -0.1) is 11.3 Å². The zero-order valence-corrected chi connectivity index (χ0v) is 15.8. The van der Waals surface area contributed by atoms with E-state index in [1.807, 2.05) is 17.5 Å². The monoisotopic (exact) mass is 391 g/mol. The van der Waals surface area contributed by atoms with E-state index in [1.54, 1.807) is 24.5 Å². The predicted octanol–water partition coefficient (Wildman–Crippen LogP) is 2.70. The van der Waals surface area contributed by atoms with Crippen LogP contribution in [0, 0.1) is 0 Å². The van der Waals surface area contributed by atoms with Crippen molar-refractivity contribution in [1.29, 1.82) is 0 Å². The highest BCUT2D eigenvalue weighted by atomic mass is 32.2. The normalized spacial score (nSPS) is 11.3. The van der Waals surface area contributed by atoms with Crippen molar-refractivity contribution < 1.29 is 17.9 Å². The van der Waals surface area contributed by atoms with Crippen LogP contribution in [0.3, 0.4) is 0 Å². The number of nitrogens with zero attached hydrogens (tertiary/aromatic N) is 2. The lowest BCUT2D eigenvalue weighted by molar-refractivity contribution is 0.392. The van der Waals surface area contributed by atoms with Crippen LogP contribution in [0.2, 0.25) is 0 Å². The van der Waals surface area contributed by atoms with Gasteiger partial charge in [-0.1, -0.05) is 0 Å². The van der Waals surface area contributed by atoms with E-state index in [1.165, 1.54) is 31.6 Å². The van der Waals surface area contributed by atoms with Gasteiger partial charge in [0.05, 0.1) is 26.5 Å². The Morgan fingerprint density at radius 3 is 2.73 bits per heavy atom. The molecule has 3 aromatic rings. The molecule has 2 heterocycles. The molecule has 0 radical (unpaired) electrons. The number of hydrogen-bond acceptors (Lipinski definition) is 7. The number of ether oxygens (including phenoxy) is 2. The van der Waals surface area contributed by atoms with Gasteiger partial charge in [0.1, 0.15) is 21.4 Å². The van der Waals surface area contributed by atoms with Crippen LogP contribution >= 0.6 is 11.3 Å². The molecule has 26 heavy (non-hydrogen) atoms. The van der Waals surface area contributed by atoms with E-state index in [4.69, 9.17) is 9.47 Å². The second kappa shape index (κ2) is 7.81. The molecule has 0 saturated heterocycles. The summed E-state index contributed by atoms with van der Waals surface area (Å²) in [5.74, 6) is 0.674. The molecule has 7 nitrogen and oxygen atoms in total. The summed E-state index contributed by atoms with van der Waals surface area (Å²) in [5.41, 5.74) is 1.64. The molecule has 2 aromatic heterocycles. The van der Waals surface area contributed by atoms with Crippen LogP contribution in [0.15, 0.2) is 53.0 Å². The Hall–Kier alpha value is -2.49. The topological polar surface area (TPSA) is 90.4 Å². The van der Waals surface area contributed by atoms with E-state index in [0.29, 0.717) is 10.8 Å². The predicted molar refractivity (Wildman–Crippen MR) is 98.9 cm³/mol. The fraction of sp³-hybridized carbons (Fsp3) is 0.176. The summed E-state index contributed by atoms with van der Waals surface area (Å²) >= 11 is 1.38. The highest BCUT2D eigenvalue weighted by Gasteiger charge is 2.21. The second-order valence-corrected chi connectivity index (χ2v) is 7.89. The van der Waals surface area contributed by atoms with E-state index in [0.717, 1.165) is 11.3 Å². The van der Waals surface area contributed by atoms with Gasteiger partial charge in [0, 0.05) is 29.4 Å². The summed E-state index contributed by atoms with van der Waals surface area (Å²) in [6.07, 6.45) is 3.40. The maximum Gasteiger partial charge on any atom is 0.244 e. The first-order valence-electron chi connectivity index (χ1n) is 7.60. The SMILES string of the molecule is COc1ccc(OC)c(S(=O)(=O)NCc2nc(-c3cccnc3)cs2)c1. The van der Waals surface area contributed by atoms with Crippen LogP contribution in [0.1, 0.15) is 5.01 Å². The molecular weight excluding hydrogens is 374 g/mol. The molecule has 0 saturated carbocycles. The van der Waals surface area contributed by atoms with Crippen molar-refractivity contribution in [3.63, 3.8) is 0 Å². The van der Waals surface area contributed by atoms with Crippen molar-refractivity contribution in [2.45, 2.75) is 11.4 Å². The number of sulfonamides is 1. The fourth-order valence-electron chi connectivity index (χ4n) is 2.27. The molecule has 0 aliphatic rings. The average molecular weight is 391 g/mol. The minimum atomic E-state index is -3.79. The highest BCUT2D eigenvalue weighted by molar-refractivity contribution is 7.89. The van der Waals surface area contributed by atoms with Crippen LogP contribution in [-0.2, 0) is 16.6 Å². The first-order valence-corrected chi connectivity index (χ1v) is 9.96. The van der Waals surface area contributed by atoms with Gasteiger partial charge in [-0.25, -0.2) is 18.1 Å². The van der Waals surface area contributed by atoms with E-state index in [2.05, 4.69) is 14.7 Å². The summed E-state index contributed by atoms with van der Waals surface area (Å²) in [7, 11) is -0.898. The summed E-state index contributed by atoms with van der Waals surface area (Å²) in [5, 5.41) is 2.52. The molecule has 0 spiro atoms. The molecule has 3 rings (SSSR count). The number of aromatic nitrogens is 2. The molecule has 0 fully saturated rings. The van der Waals surface area contributed by atoms with Gasteiger partial charge in [-0.05, 0) is 24.3 Å². The Labute approximate surface area is 155 Å². The van der Waals surface area contributed by atoms with Gasteiger partial charge in [0.15, 0.2) is 0 Å². The minimum absolute atomic E-state index is 0.0170. The van der Waals surface area contributed by atoms with E-state index < -0.39 is 10.0 Å². The minimum Gasteiger partial charge on any atom is -0.497 e. The summed E-state index contributed by atoms with van der Waals surface area (Å²) in [6, 6.07) is 8.34. The smallest absolute Gasteiger partial charge is 0.244 e. The lowest BCUT2D eigenvalue weighted by Crippen LogP contribution is -2.23. The zero-order valence-electron chi connectivity index (χ0n) is 14.2. The third-order valence-corrected chi connectivity index (χ3v) is 5.85. The molecule has 0 amide bonds. The van der Waals surface area contributed by atoms with Gasteiger partial charge in [-0.3, -0.25) is 4.98 Å². The molecule has 9 heteroatoms. The van der Waals surface area contributed by atoms with Crippen molar-refractivity contribution in [2.24, 2.45) is 0 Å². The molecule has 0 atom stereocenters. The van der Waals surface area contributed by atoms with Crippen molar-refractivity contribution in [1.82, 2.24) is 14.7 Å². The quantitative estimate of drug-likeness (QED) is 0.666. The largest absolute Gasteiger partial charge is 0.497 e. The number of rotatable bonds is 7. The van der Waals surface area contributed by atoms with Gasteiger partial charge in [0.25, 0.3) is 0 Å². The maximum atomic E-state index is 12.7. The van der Waals surface area contributed by atoms with Gasteiger partial charge in [-0.2, -0.15) is 0 Å². The van der Waals surface area contributed by atoms with Crippen LogP contribution in [-0.4, -0.2) is 32.6 Å². The lowest BCUT2D eigenvalue weighted by Gasteiger charge is -2.11. The summed E-state index contributed by atoms with van der Waals surface area (Å²) in [4.78, 5) is 8.52. The Kier molecular flexibility index (Phi) is 5.50. The van der Waals surface area contributed by atoms with Crippen molar-refractivity contribution in [3.05, 3.63) is 53.1 Å². The molecule has 0 bridgehead atoms. The van der Waals surface area contributed by atoms with Crippen molar-refractivity contribution >= 4 is 21.4 Å². The number of methoxy groups -OCH3 is 2. The van der Waals surface area contributed by atoms with Gasteiger partial charge < -0.3 is 9.47 Å². The second-order valence-electron chi connectivity index (χ2n) is 5.21.